The molecule has 0 atom stereocenters. The van der Waals surface area contributed by atoms with Crippen molar-refractivity contribution in [1.29, 1.82) is 0 Å². The Hall–Kier alpha value is -3.00. The van der Waals surface area contributed by atoms with E-state index in [0.29, 0.717) is 12.3 Å². The third kappa shape index (κ3) is 2.99. The van der Waals surface area contributed by atoms with E-state index < -0.39 is 6.67 Å². The van der Waals surface area contributed by atoms with Crippen molar-refractivity contribution in [3.05, 3.63) is 41.9 Å². The lowest BCUT2D eigenvalue weighted by Crippen LogP contribution is -2.43. The molecule has 0 saturated carbocycles. The monoisotopic (exact) mass is 380 g/mol. The Morgan fingerprint density at radius 1 is 1.21 bits per heavy atom. The van der Waals surface area contributed by atoms with Gasteiger partial charge in [-0.3, -0.25) is 4.99 Å². The van der Waals surface area contributed by atoms with Crippen LogP contribution in [0.4, 0.5) is 10.2 Å². The third-order valence-electron chi connectivity index (χ3n) is 5.12. The number of alkyl halides is 1. The van der Waals surface area contributed by atoms with E-state index in [2.05, 4.69) is 37.4 Å². The second kappa shape index (κ2) is 7.20. The molecule has 2 aliphatic heterocycles. The second-order valence-electron chi connectivity index (χ2n) is 6.89. The number of anilines is 1. The Morgan fingerprint density at radius 3 is 2.89 bits per heavy atom. The van der Waals surface area contributed by atoms with E-state index in [-0.39, 0.29) is 6.61 Å². The highest BCUT2D eigenvalue weighted by molar-refractivity contribution is 5.99. The van der Waals surface area contributed by atoms with Gasteiger partial charge < -0.3 is 15.0 Å². The normalized spacial score (nSPS) is 16.0. The van der Waals surface area contributed by atoms with Crippen molar-refractivity contribution in [2.75, 3.05) is 44.4 Å². The summed E-state index contributed by atoms with van der Waals surface area (Å²) < 4.78 is 19.9. The van der Waals surface area contributed by atoms with Crippen LogP contribution in [0.5, 0.6) is 5.75 Å². The fraction of sp³-hybridized carbons (Fsp3) is 0.350. The van der Waals surface area contributed by atoms with Gasteiger partial charge in [0.05, 0.1) is 24.0 Å². The van der Waals surface area contributed by atoms with Gasteiger partial charge in [0, 0.05) is 55.3 Å². The lowest BCUT2D eigenvalue weighted by Gasteiger charge is -2.28. The van der Waals surface area contributed by atoms with Crippen LogP contribution in [0.2, 0.25) is 0 Å². The highest BCUT2D eigenvalue weighted by Gasteiger charge is 2.20. The standard InChI is InChI=1S/C20H21FN6O/c21-3-8-28-15-9-16(20-17-11-23-12-18(17)25-27(20)13-15)14-1-2-19(24-10-14)26-6-4-22-5-7-26/h1-2,9-11,13,22H,3-8,12H2. The van der Waals surface area contributed by atoms with Crippen LogP contribution in [-0.4, -0.2) is 60.3 Å². The van der Waals surface area contributed by atoms with Crippen molar-refractivity contribution < 1.29 is 9.13 Å². The summed E-state index contributed by atoms with van der Waals surface area (Å²) in [4.78, 5) is 11.3. The molecule has 1 N–H and O–H groups in total. The molecule has 5 rings (SSSR count). The summed E-state index contributed by atoms with van der Waals surface area (Å²) in [5, 5.41) is 7.98. The van der Waals surface area contributed by atoms with Gasteiger partial charge in [-0.05, 0) is 18.2 Å². The molecule has 0 spiro atoms. The highest BCUT2D eigenvalue weighted by Crippen LogP contribution is 2.33. The molecule has 0 radical (unpaired) electrons. The molecule has 2 aliphatic rings. The number of ether oxygens (including phenoxy) is 1. The number of fused-ring (bicyclic) bond motifs is 3. The number of pyridine rings is 2. The molecule has 28 heavy (non-hydrogen) atoms. The lowest BCUT2D eigenvalue weighted by molar-refractivity contribution is 0.272. The molecule has 0 aliphatic carbocycles. The summed E-state index contributed by atoms with van der Waals surface area (Å²) >= 11 is 0. The van der Waals surface area contributed by atoms with Crippen LogP contribution in [0.25, 0.3) is 16.6 Å². The van der Waals surface area contributed by atoms with E-state index in [9.17, 15) is 4.39 Å². The third-order valence-corrected chi connectivity index (χ3v) is 5.12. The minimum absolute atomic E-state index is 0.0214. The molecule has 3 aromatic heterocycles. The smallest absolute Gasteiger partial charge is 0.138 e. The van der Waals surface area contributed by atoms with Crippen LogP contribution < -0.4 is 15.0 Å². The molecule has 144 valence electrons. The molecule has 0 aromatic carbocycles. The first-order valence-corrected chi connectivity index (χ1v) is 9.49. The van der Waals surface area contributed by atoms with Gasteiger partial charge in [-0.1, -0.05) is 0 Å². The second-order valence-corrected chi connectivity index (χ2v) is 6.89. The number of aliphatic imine (C=N–C) groups is 1. The molecule has 1 fully saturated rings. The maximum absolute atomic E-state index is 12.6. The van der Waals surface area contributed by atoms with Crippen molar-refractivity contribution in [2.45, 2.75) is 6.54 Å². The minimum Gasteiger partial charge on any atom is -0.489 e. The molecule has 1 saturated heterocycles. The van der Waals surface area contributed by atoms with E-state index >= 15 is 0 Å². The van der Waals surface area contributed by atoms with E-state index in [1.807, 2.05) is 23.0 Å². The molecular weight excluding hydrogens is 359 g/mol. The van der Waals surface area contributed by atoms with Crippen molar-refractivity contribution in [3.63, 3.8) is 0 Å². The van der Waals surface area contributed by atoms with E-state index in [4.69, 9.17) is 4.74 Å². The van der Waals surface area contributed by atoms with Gasteiger partial charge in [-0.15, -0.1) is 0 Å². The summed E-state index contributed by atoms with van der Waals surface area (Å²) in [6.45, 7) is 3.92. The van der Waals surface area contributed by atoms with Gasteiger partial charge in [0.25, 0.3) is 0 Å². The van der Waals surface area contributed by atoms with Gasteiger partial charge in [0.1, 0.15) is 24.8 Å². The lowest BCUT2D eigenvalue weighted by atomic mass is 10.0. The summed E-state index contributed by atoms with van der Waals surface area (Å²) in [7, 11) is 0. The number of halogens is 1. The largest absolute Gasteiger partial charge is 0.489 e. The van der Waals surface area contributed by atoms with Gasteiger partial charge >= 0.3 is 0 Å². The average Bonchev–Trinajstić information content (AvgIpc) is 3.33. The predicted octanol–water partition coefficient (Wildman–Crippen LogP) is 2.09. The van der Waals surface area contributed by atoms with Crippen molar-refractivity contribution in [3.8, 4) is 16.9 Å². The van der Waals surface area contributed by atoms with Gasteiger partial charge in [-0.25, -0.2) is 13.9 Å². The van der Waals surface area contributed by atoms with E-state index in [1.54, 1.807) is 6.20 Å². The van der Waals surface area contributed by atoms with Crippen LogP contribution >= 0.6 is 0 Å². The first-order valence-electron chi connectivity index (χ1n) is 9.49. The van der Waals surface area contributed by atoms with Crippen molar-refractivity contribution >= 4 is 17.5 Å². The number of rotatable bonds is 5. The predicted molar refractivity (Wildman–Crippen MR) is 106 cm³/mol. The quantitative estimate of drug-likeness (QED) is 0.734. The Kier molecular flexibility index (Phi) is 4.40. The Bertz CT molecular complexity index is 1020. The molecule has 0 amide bonds. The number of hydrogen-bond acceptors (Lipinski definition) is 6. The fourth-order valence-electron chi connectivity index (χ4n) is 3.78. The summed E-state index contributed by atoms with van der Waals surface area (Å²) in [5.74, 6) is 1.57. The SMILES string of the molecule is FCCOc1cc(-c2ccc(N3CCNCC3)nc2)c2c3c(nn2c1)CN=C3. The Labute approximate surface area is 161 Å². The molecular formula is C20H21FN6O. The average molecular weight is 380 g/mol. The Morgan fingerprint density at radius 2 is 2.11 bits per heavy atom. The first kappa shape index (κ1) is 17.1. The molecule has 5 heterocycles. The fourth-order valence-corrected chi connectivity index (χ4v) is 3.78. The van der Waals surface area contributed by atoms with Gasteiger partial charge in [0.2, 0.25) is 0 Å². The molecule has 8 heteroatoms. The van der Waals surface area contributed by atoms with Crippen LogP contribution in [0.15, 0.2) is 35.6 Å². The zero-order valence-corrected chi connectivity index (χ0v) is 15.4. The first-order chi connectivity index (χ1) is 13.8. The summed E-state index contributed by atoms with van der Waals surface area (Å²) in [6, 6.07) is 6.06. The number of nitrogens with one attached hydrogen (secondary N) is 1. The molecule has 0 bridgehead atoms. The van der Waals surface area contributed by atoms with Gasteiger partial charge in [0.15, 0.2) is 0 Å². The number of nitrogens with zero attached hydrogens (tertiary/aromatic N) is 5. The van der Waals surface area contributed by atoms with Crippen LogP contribution in [0, 0.1) is 0 Å². The molecule has 7 nitrogen and oxygen atoms in total. The molecule has 0 unspecified atom stereocenters. The van der Waals surface area contributed by atoms with Gasteiger partial charge in [-0.2, -0.15) is 5.10 Å². The zero-order chi connectivity index (χ0) is 18.9. The summed E-state index contributed by atoms with van der Waals surface area (Å²) in [5.41, 5.74) is 4.86. The maximum Gasteiger partial charge on any atom is 0.138 e. The van der Waals surface area contributed by atoms with Crippen molar-refractivity contribution in [2.24, 2.45) is 4.99 Å². The van der Waals surface area contributed by atoms with Crippen molar-refractivity contribution in [1.82, 2.24) is 19.9 Å². The number of hydrogen-bond donors (Lipinski definition) is 1. The van der Waals surface area contributed by atoms with E-state index in [0.717, 1.165) is 59.9 Å². The van der Waals surface area contributed by atoms with Crippen LogP contribution in [-0.2, 0) is 6.54 Å². The van der Waals surface area contributed by atoms with Crippen LogP contribution in [0.1, 0.15) is 11.3 Å². The molecule has 3 aromatic rings. The zero-order valence-electron chi connectivity index (χ0n) is 15.4. The minimum atomic E-state index is -0.531. The topological polar surface area (TPSA) is 67.0 Å². The number of piperazine rings is 1. The summed E-state index contributed by atoms with van der Waals surface area (Å²) in [6.07, 6.45) is 5.55. The Balaban J connectivity index is 1.57. The maximum atomic E-state index is 12.6. The highest BCUT2D eigenvalue weighted by atomic mass is 19.1. The van der Waals surface area contributed by atoms with Crippen LogP contribution in [0.3, 0.4) is 0 Å². The number of aromatic nitrogens is 3. The van der Waals surface area contributed by atoms with E-state index in [1.165, 1.54) is 0 Å².